The van der Waals surface area contributed by atoms with Gasteiger partial charge < -0.3 is 4.74 Å². The Kier molecular flexibility index (Phi) is 5.73. The minimum absolute atomic E-state index is 0.0150. The molecular formula is C26H19ClO2. The van der Waals surface area contributed by atoms with Crippen molar-refractivity contribution in [1.29, 1.82) is 0 Å². The highest BCUT2D eigenvalue weighted by Gasteiger charge is 2.03. The molecule has 4 rings (SSSR count). The standard InChI is InChI=1S/C26H19ClO2/c27-24-12-5-20(6-13-24)18-29-25-14-7-19(8-15-25)9-16-26(28)23-11-10-21-3-1-2-4-22(21)17-23/h1-17H,18H2. The SMILES string of the molecule is O=C(C=Cc1ccc(OCc2ccc(Cl)cc2)cc1)c1ccc2ccccc2c1. The monoisotopic (exact) mass is 398 g/mol. The molecule has 0 aliphatic rings. The van der Waals surface area contributed by atoms with Crippen molar-refractivity contribution in [2.45, 2.75) is 6.61 Å². The Morgan fingerprint density at radius 2 is 1.55 bits per heavy atom. The minimum atomic E-state index is -0.0150. The second kappa shape index (κ2) is 8.76. The Morgan fingerprint density at radius 3 is 2.31 bits per heavy atom. The third kappa shape index (κ3) is 4.92. The fraction of sp³-hybridized carbons (Fsp3) is 0.0385. The topological polar surface area (TPSA) is 26.3 Å². The molecule has 0 atom stereocenters. The first-order valence-corrected chi connectivity index (χ1v) is 9.74. The van der Waals surface area contributed by atoms with Crippen LogP contribution in [-0.2, 0) is 6.61 Å². The number of ketones is 1. The van der Waals surface area contributed by atoms with Crippen LogP contribution in [-0.4, -0.2) is 5.78 Å². The molecule has 0 aromatic heterocycles. The highest BCUT2D eigenvalue weighted by atomic mass is 35.5. The molecule has 0 amide bonds. The number of allylic oxidation sites excluding steroid dienone is 1. The molecule has 0 fully saturated rings. The summed E-state index contributed by atoms with van der Waals surface area (Å²) < 4.78 is 5.79. The van der Waals surface area contributed by atoms with Crippen molar-refractivity contribution in [1.82, 2.24) is 0 Å². The number of hydrogen-bond acceptors (Lipinski definition) is 2. The molecule has 4 aromatic carbocycles. The second-order valence-electron chi connectivity index (χ2n) is 6.74. The molecule has 0 heterocycles. The average molecular weight is 399 g/mol. The van der Waals surface area contributed by atoms with E-state index in [0.717, 1.165) is 27.6 Å². The van der Waals surface area contributed by atoms with Gasteiger partial charge >= 0.3 is 0 Å². The third-order valence-corrected chi connectivity index (χ3v) is 4.91. The van der Waals surface area contributed by atoms with Gasteiger partial charge in [0, 0.05) is 10.6 Å². The van der Waals surface area contributed by atoms with Crippen LogP contribution in [0.5, 0.6) is 5.75 Å². The van der Waals surface area contributed by atoms with E-state index in [1.807, 2.05) is 97.1 Å². The van der Waals surface area contributed by atoms with E-state index >= 15 is 0 Å². The lowest BCUT2D eigenvalue weighted by molar-refractivity contribution is 0.104. The Bertz CT molecular complexity index is 1160. The zero-order valence-electron chi connectivity index (χ0n) is 15.7. The average Bonchev–Trinajstić information content (AvgIpc) is 2.77. The van der Waals surface area contributed by atoms with Crippen molar-refractivity contribution in [3.63, 3.8) is 0 Å². The number of fused-ring (bicyclic) bond motifs is 1. The highest BCUT2D eigenvalue weighted by Crippen LogP contribution is 2.18. The molecule has 0 aliphatic carbocycles. The van der Waals surface area contributed by atoms with Gasteiger partial charge in [0.15, 0.2) is 5.78 Å². The molecule has 2 nitrogen and oxygen atoms in total. The summed E-state index contributed by atoms with van der Waals surface area (Å²) in [6, 6.07) is 29.0. The maximum atomic E-state index is 12.5. The number of halogens is 1. The molecular weight excluding hydrogens is 380 g/mol. The molecule has 0 unspecified atom stereocenters. The lowest BCUT2D eigenvalue weighted by Crippen LogP contribution is -1.95. The maximum Gasteiger partial charge on any atom is 0.185 e. The van der Waals surface area contributed by atoms with Crippen LogP contribution in [0.25, 0.3) is 16.8 Å². The predicted molar refractivity (Wildman–Crippen MR) is 120 cm³/mol. The maximum absolute atomic E-state index is 12.5. The van der Waals surface area contributed by atoms with E-state index in [2.05, 4.69) is 0 Å². The Morgan fingerprint density at radius 1 is 0.828 bits per heavy atom. The van der Waals surface area contributed by atoms with Crippen LogP contribution in [0.2, 0.25) is 5.02 Å². The van der Waals surface area contributed by atoms with E-state index < -0.39 is 0 Å². The van der Waals surface area contributed by atoms with E-state index in [1.165, 1.54) is 0 Å². The number of hydrogen-bond donors (Lipinski definition) is 0. The summed E-state index contributed by atoms with van der Waals surface area (Å²) in [5, 5.41) is 2.90. The quantitative estimate of drug-likeness (QED) is 0.259. The smallest absolute Gasteiger partial charge is 0.185 e. The molecule has 0 spiro atoms. The Hall–Kier alpha value is -3.36. The van der Waals surface area contributed by atoms with E-state index in [0.29, 0.717) is 17.2 Å². The van der Waals surface area contributed by atoms with Gasteiger partial charge in [-0.2, -0.15) is 0 Å². The minimum Gasteiger partial charge on any atom is -0.489 e. The van der Waals surface area contributed by atoms with Crippen LogP contribution in [0.4, 0.5) is 0 Å². The molecule has 0 radical (unpaired) electrons. The fourth-order valence-electron chi connectivity index (χ4n) is 3.03. The van der Waals surface area contributed by atoms with Gasteiger partial charge in [0.2, 0.25) is 0 Å². The molecule has 0 bridgehead atoms. The number of rotatable bonds is 6. The van der Waals surface area contributed by atoms with Crippen LogP contribution in [0.15, 0.2) is 97.1 Å². The van der Waals surface area contributed by atoms with Gasteiger partial charge in [0.1, 0.15) is 12.4 Å². The summed E-state index contributed by atoms with van der Waals surface area (Å²) in [6.07, 6.45) is 3.42. The molecule has 0 aliphatic heterocycles. The van der Waals surface area contributed by atoms with Gasteiger partial charge in [-0.3, -0.25) is 4.79 Å². The van der Waals surface area contributed by atoms with Gasteiger partial charge in [-0.25, -0.2) is 0 Å². The molecule has 0 saturated heterocycles. The molecule has 0 N–H and O–H groups in total. The van der Waals surface area contributed by atoms with Crippen molar-refractivity contribution in [3.05, 3.63) is 119 Å². The Balaban J connectivity index is 1.38. The first kappa shape index (κ1) is 19.0. The first-order chi connectivity index (χ1) is 14.2. The van der Waals surface area contributed by atoms with Crippen LogP contribution >= 0.6 is 11.6 Å². The molecule has 4 aromatic rings. The summed E-state index contributed by atoms with van der Waals surface area (Å²) in [4.78, 5) is 12.5. The number of benzene rings is 4. The zero-order valence-corrected chi connectivity index (χ0v) is 16.5. The van der Waals surface area contributed by atoms with E-state index in [-0.39, 0.29) is 5.78 Å². The van der Waals surface area contributed by atoms with Crippen molar-refractivity contribution < 1.29 is 9.53 Å². The normalized spacial score (nSPS) is 11.1. The fourth-order valence-corrected chi connectivity index (χ4v) is 3.16. The van der Waals surface area contributed by atoms with Gasteiger partial charge in [0.05, 0.1) is 0 Å². The van der Waals surface area contributed by atoms with Gasteiger partial charge in [-0.05, 0) is 58.3 Å². The van der Waals surface area contributed by atoms with E-state index in [1.54, 1.807) is 6.08 Å². The first-order valence-electron chi connectivity index (χ1n) is 9.36. The van der Waals surface area contributed by atoms with Gasteiger partial charge in [-0.15, -0.1) is 0 Å². The van der Waals surface area contributed by atoms with Gasteiger partial charge in [0.25, 0.3) is 0 Å². The van der Waals surface area contributed by atoms with Crippen LogP contribution in [0.1, 0.15) is 21.5 Å². The highest BCUT2D eigenvalue weighted by molar-refractivity contribution is 6.30. The summed E-state index contributed by atoms with van der Waals surface area (Å²) >= 11 is 5.89. The van der Waals surface area contributed by atoms with Crippen LogP contribution < -0.4 is 4.74 Å². The van der Waals surface area contributed by atoms with Crippen molar-refractivity contribution in [2.75, 3.05) is 0 Å². The number of carbonyl (C=O) groups excluding carboxylic acids is 1. The van der Waals surface area contributed by atoms with E-state index in [9.17, 15) is 4.79 Å². The second-order valence-corrected chi connectivity index (χ2v) is 7.18. The van der Waals surface area contributed by atoms with Crippen molar-refractivity contribution >= 4 is 34.2 Å². The van der Waals surface area contributed by atoms with Crippen LogP contribution in [0.3, 0.4) is 0 Å². The summed E-state index contributed by atoms with van der Waals surface area (Å²) in [5.74, 6) is 0.761. The lowest BCUT2D eigenvalue weighted by atomic mass is 10.0. The van der Waals surface area contributed by atoms with E-state index in [4.69, 9.17) is 16.3 Å². The van der Waals surface area contributed by atoms with Crippen molar-refractivity contribution in [3.8, 4) is 5.75 Å². The summed E-state index contributed by atoms with van der Waals surface area (Å²) in [6.45, 7) is 0.479. The summed E-state index contributed by atoms with van der Waals surface area (Å²) in [7, 11) is 0. The molecule has 3 heteroatoms. The molecule has 29 heavy (non-hydrogen) atoms. The third-order valence-electron chi connectivity index (χ3n) is 4.66. The van der Waals surface area contributed by atoms with Crippen LogP contribution in [0, 0.1) is 0 Å². The van der Waals surface area contributed by atoms with Crippen molar-refractivity contribution in [2.24, 2.45) is 0 Å². The largest absolute Gasteiger partial charge is 0.489 e. The Labute approximate surface area is 175 Å². The molecule has 142 valence electrons. The van der Waals surface area contributed by atoms with Gasteiger partial charge in [-0.1, -0.05) is 78.3 Å². The number of ether oxygens (including phenoxy) is 1. The molecule has 0 saturated carbocycles. The predicted octanol–water partition coefficient (Wildman–Crippen LogP) is 6.97. The zero-order chi connectivity index (χ0) is 20.1. The number of carbonyl (C=O) groups is 1. The lowest BCUT2D eigenvalue weighted by Gasteiger charge is -2.06. The summed E-state index contributed by atoms with van der Waals surface area (Å²) in [5.41, 5.74) is 2.68.